The molecule has 6 nitrogen and oxygen atoms in total. The van der Waals surface area contributed by atoms with Crippen LogP contribution in [0.2, 0.25) is 0 Å². The summed E-state index contributed by atoms with van der Waals surface area (Å²) in [6.07, 6.45) is -0.934. The molecule has 0 heterocycles. The van der Waals surface area contributed by atoms with Gasteiger partial charge in [-0.05, 0) is 43.5 Å². The lowest BCUT2D eigenvalue weighted by atomic mass is 10.1. The number of rotatable bonds is 7. The highest BCUT2D eigenvalue weighted by atomic mass is 32.2. The van der Waals surface area contributed by atoms with E-state index in [1.807, 2.05) is 0 Å². The molecule has 2 aromatic rings. The Morgan fingerprint density at radius 3 is 2.23 bits per heavy atom. The maximum Gasteiger partial charge on any atom is 0.297 e. The average Bonchev–Trinajstić information content (AvgIpc) is 2.56. The lowest BCUT2D eigenvalue weighted by Crippen LogP contribution is -2.16. The quantitative estimate of drug-likeness (QED) is 0.312. The first-order chi connectivity index (χ1) is 12.1. The summed E-state index contributed by atoms with van der Waals surface area (Å²) >= 11 is 0. The van der Waals surface area contributed by atoms with Gasteiger partial charge in [0.2, 0.25) is 0 Å². The van der Waals surface area contributed by atoms with Gasteiger partial charge in [0.25, 0.3) is 15.8 Å². The van der Waals surface area contributed by atoms with Gasteiger partial charge in [-0.1, -0.05) is 0 Å². The highest BCUT2D eigenvalue weighted by Gasteiger charge is 2.21. The predicted octanol–water partition coefficient (Wildman–Crippen LogP) is 3.74. The molecule has 1 unspecified atom stereocenters. The molecule has 0 spiro atoms. The van der Waals surface area contributed by atoms with Crippen LogP contribution in [0.15, 0.2) is 41.3 Å². The highest BCUT2D eigenvalue weighted by molar-refractivity contribution is 7.86. The van der Waals surface area contributed by atoms with Crippen LogP contribution < -0.4 is 0 Å². The van der Waals surface area contributed by atoms with Gasteiger partial charge < -0.3 is 0 Å². The van der Waals surface area contributed by atoms with Gasteiger partial charge in [-0.25, -0.2) is 13.2 Å². The molecule has 0 aliphatic carbocycles. The summed E-state index contributed by atoms with van der Waals surface area (Å²) in [5.41, 5.74) is -0.377. The van der Waals surface area contributed by atoms with Crippen LogP contribution in [0.3, 0.4) is 0 Å². The van der Waals surface area contributed by atoms with Gasteiger partial charge in [0.05, 0.1) is 15.9 Å². The van der Waals surface area contributed by atoms with Crippen LogP contribution >= 0.6 is 0 Å². The second-order valence-corrected chi connectivity index (χ2v) is 7.08. The van der Waals surface area contributed by atoms with Crippen LogP contribution in [0, 0.1) is 27.6 Å². The van der Waals surface area contributed by atoms with Crippen molar-refractivity contribution < 1.29 is 30.7 Å². The number of hydrogen-bond acceptors (Lipinski definition) is 5. The van der Waals surface area contributed by atoms with E-state index in [-0.39, 0.29) is 29.0 Å². The van der Waals surface area contributed by atoms with Gasteiger partial charge in [0.1, 0.15) is 5.82 Å². The molecule has 0 N–H and O–H groups in total. The number of nitro groups is 1. The van der Waals surface area contributed by atoms with Gasteiger partial charge >= 0.3 is 0 Å². The summed E-state index contributed by atoms with van der Waals surface area (Å²) < 4.78 is 68.8. The van der Waals surface area contributed by atoms with E-state index in [9.17, 15) is 31.7 Å². The Balaban J connectivity index is 2.03. The van der Waals surface area contributed by atoms with Crippen molar-refractivity contribution in [3.63, 3.8) is 0 Å². The molecule has 1 atom stereocenters. The van der Waals surface area contributed by atoms with Gasteiger partial charge in [-0.3, -0.25) is 14.3 Å². The minimum Gasteiger partial charge on any atom is -0.263 e. The molecule has 0 bridgehead atoms. The Morgan fingerprint density at radius 2 is 1.65 bits per heavy atom. The van der Waals surface area contributed by atoms with E-state index in [2.05, 4.69) is 0 Å². The Labute approximate surface area is 147 Å². The Morgan fingerprint density at radius 1 is 1.08 bits per heavy atom. The maximum absolute atomic E-state index is 13.6. The van der Waals surface area contributed by atoms with Crippen molar-refractivity contribution >= 4 is 15.8 Å². The number of nitrogens with zero attached hydrogens (tertiary/aromatic N) is 1. The molecular formula is C16H14F3NO5S. The molecule has 0 aliphatic heterocycles. The number of aryl methyl sites for hydroxylation is 1. The van der Waals surface area contributed by atoms with Crippen molar-refractivity contribution in [1.82, 2.24) is 0 Å². The number of halogens is 3. The first kappa shape index (κ1) is 19.9. The third-order valence-corrected chi connectivity index (χ3v) is 4.97. The van der Waals surface area contributed by atoms with E-state index in [0.717, 1.165) is 24.3 Å². The predicted molar refractivity (Wildman–Crippen MR) is 85.5 cm³/mol. The maximum atomic E-state index is 13.6. The van der Waals surface area contributed by atoms with Gasteiger partial charge in [-0.2, -0.15) is 8.42 Å². The van der Waals surface area contributed by atoms with Crippen molar-refractivity contribution in [2.75, 3.05) is 0 Å². The van der Waals surface area contributed by atoms with E-state index < -0.39 is 38.6 Å². The largest absolute Gasteiger partial charge is 0.297 e. The monoisotopic (exact) mass is 389 g/mol. The number of nitro benzene ring substituents is 1. The van der Waals surface area contributed by atoms with E-state index in [4.69, 9.17) is 4.18 Å². The first-order valence-corrected chi connectivity index (χ1v) is 8.82. The van der Waals surface area contributed by atoms with Crippen molar-refractivity contribution in [3.8, 4) is 0 Å². The fourth-order valence-electron chi connectivity index (χ4n) is 2.17. The van der Waals surface area contributed by atoms with E-state index in [1.165, 1.54) is 6.92 Å². The van der Waals surface area contributed by atoms with Crippen molar-refractivity contribution in [1.29, 1.82) is 0 Å². The SMILES string of the molecule is CC(CCc1cc(F)c(F)cc1F)OS(=O)(=O)c1ccc([N+](=O)[O-])cc1. The second-order valence-electron chi connectivity index (χ2n) is 5.51. The van der Waals surface area contributed by atoms with Crippen LogP contribution in [0.1, 0.15) is 18.9 Å². The highest BCUT2D eigenvalue weighted by Crippen LogP contribution is 2.21. The summed E-state index contributed by atoms with van der Waals surface area (Å²) in [6.45, 7) is 1.42. The van der Waals surface area contributed by atoms with Crippen LogP contribution in [0.25, 0.3) is 0 Å². The molecule has 0 aromatic heterocycles. The Kier molecular flexibility index (Phi) is 5.98. The van der Waals surface area contributed by atoms with Gasteiger partial charge in [0.15, 0.2) is 11.6 Å². The van der Waals surface area contributed by atoms with Crippen LogP contribution in [-0.2, 0) is 20.7 Å². The van der Waals surface area contributed by atoms with Crippen LogP contribution in [0.5, 0.6) is 0 Å². The Bertz CT molecular complexity index is 916. The molecule has 0 saturated heterocycles. The lowest BCUT2D eigenvalue weighted by molar-refractivity contribution is -0.384. The molecule has 26 heavy (non-hydrogen) atoms. The van der Waals surface area contributed by atoms with E-state index >= 15 is 0 Å². The molecule has 2 aromatic carbocycles. The summed E-state index contributed by atoms with van der Waals surface area (Å²) in [4.78, 5) is 9.64. The molecule has 0 fully saturated rings. The topological polar surface area (TPSA) is 86.5 Å². The molecule has 0 amide bonds. The molecule has 140 valence electrons. The number of hydrogen-bond donors (Lipinski definition) is 0. The number of benzene rings is 2. The minimum absolute atomic E-state index is 0.0220. The fourth-order valence-corrected chi connectivity index (χ4v) is 3.28. The minimum atomic E-state index is -4.18. The first-order valence-electron chi connectivity index (χ1n) is 7.41. The molecule has 0 saturated carbocycles. The molecule has 0 radical (unpaired) electrons. The summed E-state index contributed by atoms with van der Waals surface area (Å²) in [5, 5.41) is 10.6. The normalized spacial score (nSPS) is 12.8. The van der Waals surface area contributed by atoms with Crippen LogP contribution in [0.4, 0.5) is 18.9 Å². The van der Waals surface area contributed by atoms with Gasteiger partial charge in [-0.15, -0.1) is 0 Å². The summed E-state index contributed by atoms with van der Waals surface area (Å²) in [6, 6.07) is 5.26. The molecular weight excluding hydrogens is 375 g/mol. The standard InChI is InChI=1S/C16H14F3NO5S/c1-10(2-3-11-8-15(18)16(19)9-14(11)17)25-26(23,24)13-6-4-12(5-7-13)20(21)22/h4-10H,2-3H2,1H3. The molecule has 2 rings (SSSR count). The van der Waals surface area contributed by atoms with Gasteiger partial charge in [0, 0.05) is 18.2 Å². The average molecular weight is 389 g/mol. The third-order valence-electron chi connectivity index (χ3n) is 3.54. The molecule has 0 aliphatic rings. The zero-order valence-electron chi connectivity index (χ0n) is 13.5. The smallest absolute Gasteiger partial charge is 0.263 e. The zero-order valence-corrected chi connectivity index (χ0v) is 14.3. The van der Waals surface area contributed by atoms with Crippen molar-refractivity contribution in [3.05, 3.63) is 69.5 Å². The zero-order chi connectivity index (χ0) is 19.5. The number of non-ortho nitro benzene ring substituents is 1. The lowest BCUT2D eigenvalue weighted by Gasteiger charge is -2.13. The fraction of sp³-hybridized carbons (Fsp3) is 0.250. The van der Waals surface area contributed by atoms with E-state index in [1.54, 1.807) is 0 Å². The summed E-state index contributed by atoms with van der Waals surface area (Å²) in [7, 11) is -4.18. The van der Waals surface area contributed by atoms with Crippen molar-refractivity contribution in [2.45, 2.75) is 30.8 Å². The van der Waals surface area contributed by atoms with E-state index in [0.29, 0.717) is 12.1 Å². The summed E-state index contributed by atoms with van der Waals surface area (Å²) in [5.74, 6) is -3.45. The molecule has 10 heteroatoms. The van der Waals surface area contributed by atoms with Crippen LogP contribution in [-0.4, -0.2) is 19.4 Å². The van der Waals surface area contributed by atoms with Crippen molar-refractivity contribution in [2.24, 2.45) is 0 Å². The second kappa shape index (κ2) is 7.83. The Hall–Kier alpha value is -2.46. The third kappa shape index (κ3) is 4.79.